The normalized spacial score (nSPS) is 15.3. The molecule has 0 spiro atoms. The van der Waals surface area contributed by atoms with Crippen LogP contribution in [0.3, 0.4) is 0 Å². The van der Waals surface area contributed by atoms with Gasteiger partial charge in [-0.1, -0.05) is 13.0 Å². The number of thiophene rings is 1. The van der Waals surface area contributed by atoms with Crippen LogP contribution in [0, 0.1) is 5.92 Å². The Bertz CT molecular complexity index is 857. The Kier molecular flexibility index (Phi) is 8.07. The van der Waals surface area contributed by atoms with Crippen molar-refractivity contribution >= 4 is 29.0 Å². The quantitative estimate of drug-likeness (QED) is 0.444. The molecular formula is C22H32N6OS. The molecule has 30 heavy (non-hydrogen) atoms. The Morgan fingerprint density at radius 1 is 1.23 bits per heavy atom. The van der Waals surface area contributed by atoms with Crippen LogP contribution in [0.4, 0.5) is 5.82 Å². The van der Waals surface area contributed by atoms with Crippen LogP contribution in [-0.4, -0.2) is 36.5 Å². The number of nitrogens with one attached hydrogen (secondary N) is 2. The molecule has 3 rings (SSSR count). The second-order valence-electron chi connectivity index (χ2n) is 7.42. The number of carbonyl (C=O) groups excluding carboxylic acids is 1. The number of piperidine rings is 1. The van der Waals surface area contributed by atoms with Crippen molar-refractivity contribution in [3.05, 3.63) is 45.8 Å². The molecular weight excluding hydrogens is 396 g/mol. The van der Waals surface area contributed by atoms with Gasteiger partial charge in [0.2, 0.25) is 5.91 Å². The number of aromatic nitrogens is 1. The van der Waals surface area contributed by atoms with Crippen LogP contribution in [0.25, 0.3) is 0 Å². The molecule has 2 aromatic heterocycles. The molecule has 0 bridgehead atoms. The van der Waals surface area contributed by atoms with Crippen molar-refractivity contribution in [3.63, 3.8) is 0 Å². The van der Waals surface area contributed by atoms with E-state index in [0.29, 0.717) is 6.54 Å². The number of primary amides is 1. The number of aryl methyl sites for hydroxylation is 1. The molecule has 8 heteroatoms. The summed E-state index contributed by atoms with van der Waals surface area (Å²) in [7, 11) is 0. The summed E-state index contributed by atoms with van der Waals surface area (Å²) in [5.74, 6) is 1.53. The predicted octanol–water partition coefficient (Wildman–Crippen LogP) is 2.66. The van der Waals surface area contributed by atoms with E-state index in [-0.39, 0.29) is 11.8 Å². The van der Waals surface area contributed by atoms with Gasteiger partial charge in [0.25, 0.3) is 0 Å². The lowest BCUT2D eigenvalue weighted by atomic mass is 9.96. The molecule has 162 valence electrons. The Hall–Kier alpha value is -2.61. The maximum atomic E-state index is 11.4. The van der Waals surface area contributed by atoms with E-state index < -0.39 is 0 Å². The SMILES string of the molecule is CCNC(=NCc1cccnc1N1CCC(C(N)=O)CC1)NCc1ccc(CC)s1. The molecule has 3 heterocycles. The van der Waals surface area contributed by atoms with Crippen molar-refractivity contribution in [2.24, 2.45) is 16.6 Å². The molecule has 0 aliphatic carbocycles. The molecule has 0 saturated carbocycles. The van der Waals surface area contributed by atoms with E-state index >= 15 is 0 Å². The molecule has 1 aliphatic rings. The minimum absolute atomic E-state index is 0.0264. The maximum absolute atomic E-state index is 11.4. The molecule has 0 atom stereocenters. The summed E-state index contributed by atoms with van der Waals surface area (Å²) in [6, 6.07) is 8.38. The zero-order valence-electron chi connectivity index (χ0n) is 17.9. The molecule has 4 N–H and O–H groups in total. The first kappa shape index (κ1) is 22.1. The van der Waals surface area contributed by atoms with Crippen molar-refractivity contribution in [1.82, 2.24) is 15.6 Å². The predicted molar refractivity (Wildman–Crippen MR) is 124 cm³/mol. The summed E-state index contributed by atoms with van der Waals surface area (Å²) in [6.45, 7) is 7.93. The van der Waals surface area contributed by atoms with Gasteiger partial charge in [0.15, 0.2) is 5.96 Å². The molecule has 1 amide bonds. The number of anilines is 1. The van der Waals surface area contributed by atoms with Gasteiger partial charge in [0.05, 0.1) is 13.1 Å². The van der Waals surface area contributed by atoms with Gasteiger partial charge >= 0.3 is 0 Å². The summed E-state index contributed by atoms with van der Waals surface area (Å²) >= 11 is 1.84. The van der Waals surface area contributed by atoms with E-state index in [1.807, 2.05) is 23.6 Å². The van der Waals surface area contributed by atoms with Gasteiger partial charge in [0.1, 0.15) is 5.82 Å². The Labute approximate surface area is 182 Å². The van der Waals surface area contributed by atoms with E-state index in [1.54, 1.807) is 0 Å². The van der Waals surface area contributed by atoms with Crippen LogP contribution in [0.15, 0.2) is 35.5 Å². The van der Waals surface area contributed by atoms with Crippen LogP contribution < -0.4 is 21.3 Å². The molecule has 0 radical (unpaired) electrons. The molecule has 0 aromatic carbocycles. The highest BCUT2D eigenvalue weighted by molar-refractivity contribution is 7.11. The summed E-state index contributed by atoms with van der Waals surface area (Å²) in [4.78, 5) is 25.8. The van der Waals surface area contributed by atoms with Crippen molar-refractivity contribution in [2.75, 3.05) is 24.5 Å². The largest absolute Gasteiger partial charge is 0.369 e. The molecule has 1 saturated heterocycles. The number of rotatable bonds is 8. The van der Waals surface area contributed by atoms with Gasteiger partial charge in [-0.3, -0.25) is 4.79 Å². The van der Waals surface area contributed by atoms with E-state index in [4.69, 9.17) is 10.7 Å². The number of carbonyl (C=O) groups is 1. The molecule has 1 fully saturated rings. The van der Waals surface area contributed by atoms with Crippen LogP contribution in [0.5, 0.6) is 0 Å². The number of aliphatic imine (C=N–C) groups is 1. The molecule has 7 nitrogen and oxygen atoms in total. The van der Waals surface area contributed by atoms with E-state index in [0.717, 1.165) is 62.8 Å². The zero-order valence-corrected chi connectivity index (χ0v) is 18.7. The van der Waals surface area contributed by atoms with Gasteiger partial charge in [0, 0.05) is 47.1 Å². The Morgan fingerprint density at radius 3 is 2.67 bits per heavy atom. The lowest BCUT2D eigenvalue weighted by Gasteiger charge is -2.32. The second-order valence-corrected chi connectivity index (χ2v) is 8.67. The number of amides is 1. The number of hydrogen-bond acceptors (Lipinski definition) is 5. The lowest BCUT2D eigenvalue weighted by molar-refractivity contribution is -0.122. The fourth-order valence-corrected chi connectivity index (χ4v) is 4.50. The van der Waals surface area contributed by atoms with Crippen molar-refractivity contribution in [3.8, 4) is 0 Å². The van der Waals surface area contributed by atoms with Crippen LogP contribution in [0.1, 0.15) is 42.0 Å². The average molecular weight is 429 g/mol. The monoisotopic (exact) mass is 428 g/mol. The fourth-order valence-electron chi connectivity index (χ4n) is 3.60. The summed E-state index contributed by atoms with van der Waals surface area (Å²) in [6.07, 6.45) is 4.44. The standard InChI is InChI=1S/C22H32N6OS/c1-3-18-7-8-19(30-18)15-27-22(24-4-2)26-14-17-6-5-11-25-21(17)28-12-9-16(10-13-28)20(23)29/h5-8,11,16H,3-4,9-10,12-15H2,1-2H3,(H2,23,29)(H2,24,26,27). The van der Waals surface area contributed by atoms with Gasteiger partial charge in [-0.05, 0) is 44.4 Å². The third-order valence-corrected chi connectivity index (χ3v) is 6.54. The number of hydrogen-bond donors (Lipinski definition) is 3. The topological polar surface area (TPSA) is 95.6 Å². The highest BCUT2D eigenvalue weighted by atomic mass is 32.1. The first-order valence-electron chi connectivity index (χ1n) is 10.7. The summed E-state index contributed by atoms with van der Waals surface area (Å²) in [5, 5.41) is 6.75. The Balaban J connectivity index is 1.64. The highest BCUT2D eigenvalue weighted by Crippen LogP contribution is 2.25. The number of nitrogens with two attached hydrogens (primary N) is 1. The van der Waals surface area contributed by atoms with Crippen molar-refractivity contribution in [2.45, 2.75) is 46.2 Å². The van der Waals surface area contributed by atoms with Crippen molar-refractivity contribution in [1.29, 1.82) is 0 Å². The average Bonchev–Trinajstić information content (AvgIpc) is 3.24. The Morgan fingerprint density at radius 2 is 2.00 bits per heavy atom. The number of guanidine groups is 1. The maximum Gasteiger partial charge on any atom is 0.220 e. The van der Waals surface area contributed by atoms with Crippen LogP contribution in [-0.2, 0) is 24.3 Å². The van der Waals surface area contributed by atoms with Gasteiger partial charge in [-0.2, -0.15) is 0 Å². The number of nitrogens with zero attached hydrogens (tertiary/aromatic N) is 3. The van der Waals surface area contributed by atoms with Gasteiger partial charge in [-0.15, -0.1) is 11.3 Å². The minimum atomic E-state index is -0.196. The van der Waals surface area contributed by atoms with E-state index in [1.165, 1.54) is 9.75 Å². The highest BCUT2D eigenvalue weighted by Gasteiger charge is 2.24. The third kappa shape index (κ3) is 5.95. The van der Waals surface area contributed by atoms with Crippen LogP contribution in [0.2, 0.25) is 0 Å². The first-order valence-corrected chi connectivity index (χ1v) is 11.5. The van der Waals surface area contributed by atoms with Gasteiger partial charge in [-0.25, -0.2) is 9.98 Å². The van der Waals surface area contributed by atoms with Crippen LogP contribution >= 0.6 is 11.3 Å². The third-order valence-electron chi connectivity index (χ3n) is 5.31. The zero-order chi connectivity index (χ0) is 21.3. The van der Waals surface area contributed by atoms with E-state index in [2.05, 4.69) is 52.6 Å². The summed E-state index contributed by atoms with van der Waals surface area (Å²) < 4.78 is 0. The summed E-state index contributed by atoms with van der Waals surface area (Å²) in [5.41, 5.74) is 6.55. The van der Waals surface area contributed by atoms with Crippen molar-refractivity contribution < 1.29 is 4.79 Å². The first-order chi connectivity index (χ1) is 14.6. The van der Waals surface area contributed by atoms with Gasteiger partial charge < -0.3 is 21.3 Å². The van der Waals surface area contributed by atoms with E-state index in [9.17, 15) is 4.79 Å². The smallest absolute Gasteiger partial charge is 0.220 e. The molecule has 1 aliphatic heterocycles. The molecule has 0 unspecified atom stereocenters. The second kappa shape index (κ2) is 11.0. The molecule has 2 aromatic rings. The fraction of sp³-hybridized carbons (Fsp3) is 0.500. The number of pyridine rings is 1. The minimum Gasteiger partial charge on any atom is -0.369 e. The lowest BCUT2D eigenvalue weighted by Crippen LogP contribution is -2.39.